The van der Waals surface area contributed by atoms with E-state index >= 15 is 0 Å². The van der Waals surface area contributed by atoms with Gasteiger partial charge in [0.25, 0.3) is 0 Å². The summed E-state index contributed by atoms with van der Waals surface area (Å²) in [5.74, 6) is -0.0471. The minimum Gasteiger partial charge on any atom is -0.336 e. The van der Waals surface area contributed by atoms with Crippen molar-refractivity contribution in [1.29, 1.82) is 0 Å². The van der Waals surface area contributed by atoms with Gasteiger partial charge < -0.3 is 5.32 Å². The molecule has 1 aromatic rings. The van der Waals surface area contributed by atoms with Crippen LogP contribution in [0.15, 0.2) is 29.4 Å². The minimum absolute atomic E-state index is 0.0471. The standard InChI is InChI=1S/C13H14N4O2/c18-12-6-5-11(15-16-12)9-1-3-10(4-2-9)17-8-7-14-13(17)19/h1-4H,5-8H2,(H,14,19)(H,16,18). The molecule has 0 aromatic heterocycles. The van der Waals surface area contributed by atoms with Crippen LogP contribution < -0.4 is 15.6 Å². The molecule has 2 aliphatic rings. The normalized spacial score (nSPS) is 18.9. The number of benzene rings is 1. The van der Waals surface area contributed by atoms with Gasteiger partial charge in [-0.15, -0.1) is 0 Å². The highest BCUT2D eigenvalue weighted by Gasteiger charge is 2.21. The molecule has 1 saturated heterocycles. The number of amides is 3. The molecular formula is C13H14N4O2. The van der Waals surface area contributed by atoms with Crippen LogP contribution >= 0.6 is 0 Å². The molecule has 2 N–H and O–H groups in total. The summed E-state index contributed by atoms with van der Waals surface area (Å²) < 4.78 is 0. The summed E-state index contributed by atoms with van der Waals surface area (Å²) in [5, 5.41) is 6.81. The van der Waals surface area contributed by atoms with Crippen LogP contribution in [0, 0.1) is 0 Å². The molecule has 0 radical (unpaired) electrons. The van der Waals surface area contributed by atoms with Crippen molar-refractivity contribution in [2.45, 2.75) is 12.8 Å². The Morgan fingerprint density at radius 3 is 2.47 bits per heavy atom. The predicted octanol–water partition coefficient (Wildman–Crippen LogP) is 0.830. The second kappa shape index (κ2) is 4.72. The minimum atomic E-state index is -0.0602. The zero-order valence-electron chi connectivity index (χ0n) is 10.3. The van der Waals surface area contributed by atoms with Crippen molar-refractivity contribution in [3.8, 4) is 0 Å². The van der Waals surface area contributed by atoms with E-state index in [0.717, 1.165) is 17.0 Å². The monoisotopic (exact) mass is 258 g/mol. The van der Waals surface area contributed by atoms with E-state index in [1.165, 1.54) is 0 Å². The summed E-state index contributed by atoms with van der Waals surface area (Å²) >= 11 is 0. The van der Waals surface area contributed by atoms with Gasteiger partial charge in [0.05, 0.1) is 5.71 Å². The molecule has 6 heteroatoms. The maximum absolute atomic E-state index is 11.5. The van der Waals surface area contributed by atoms with Gasteiger partial charge in [-0.25, -0.2) is 10.2 Å². The van der Waals surface area contributed by atoms with E-state index in [2.05, 4.69) is 15.8 Å². The molecule has 6 nitrogen and oxygen atoms in total. The fourth-order valence-electron chi connectivity index (χ4n) is 2.23. The summed E-state index contributed by atoms with van der Waals surface area (Å²) in [6.07, 6.45) is 1.12. The van der Waals surface area contributed by atoms with E-state index in [1.54, 1.807) is 4.90 Å². The Hall–Kier alpha value is -2.37. The molecule has 0 bridgehead atoms. The average molecular weight is 258 g/mol. The molecule has 19 heavy (non-hydrogen) atoms. The van der Waals surface area contributed by atoms with E-state index in [9.17, 15) is 9.59 Å². The van der Waals surface area contributed by atoms with Crippen molar-refractivity contribution < 1.29 is 9.59 Å². The van der Waals surface area contributed by atoms with Crippen molar-refractivity contribution in [2.24, 2.45) is 5.10 Å². The molecular weight excluding hydrogens is 244 g/mol. The Morgan fingerprint density at radius 1 is 1.11 bits per heavy atom. The first-order chi connectivity index (χ1) is 9.24. The van der Waals surface area contributed by atoms with E-state index < -0.39 is 0 Å². The van der Waals surface area contributed by atoms with Crippen LogP contribution in [0.3, 0.4) is 0 Å². The van der Waals surface area contributed by atoms with Gasteiger partial charge in [-0.1, -0.05) is 12.1 Å². The number of nitrogens with one attached hydrogen (secondary N) is 2. The van der Waals surface area contributed by atoms with Crippen LogP contribution in [-0.4, -0.2) is 30.7 Å². The summed E-state index contributed by atoms with van der Waals surface area (Å²) in [4.78, 5) is 24.3. The molecule has 3 rings (SSSR count). The molecule has 1 fully saturated rings. The molecule has 3 amide bonds. The summed E-state index contributed by atoms with van der Waals surface area (Å²) in [5.41, 5.74) is 5.20. The van der Waals surface area contributed by atoms with Crippen LogP contribution in [0.25, 0.3) is 0 Å². The molecule has 0 unspecified atom stereocenters. The maximum atomic E-state index is 11.5. The number of urea groups is 1. The van der Waals surface area contributed by atoms with E-state index in [1.807, 2.05) is 24.3 Å². The molecule has 1 aromatic carbocycles. The van der Waals surface area contributed by atoms with Gasteiger partial charge in [-0.2, -0.15) is 5.10 Å². The number of rotatable bonds is 2. The van der Waals surface area contributed by atoms with Crippen LogP contribution in [0.5, 0.6) is 0 Å². The van der Waals surface area contributed by atoms with Gasteiger partial charge in [-0.05, 0) is 17.7 Å². The van der Waals surface area contributed by atoms with Crippen molar-refractivity contribution in [3.05, 3.63) is 29.8 Å². The lowest BCUT2D eigenvalue weighted by atomic mass is 10.0. The fourth-order valence-corrected chi connectivity index (χ4v) is 2.23. The Kier molecular flexibility index (Phi) is 2.91. The lowest BCUT2D eigenvalue weighted by Crippen LogP contribution is -2.28. The second-order valence-electron chi connectivity index (χ2n) is 4.52. The molecule has 2 aliphatic heterocycles. The molecule has 98 valence electrons. The van der Waals surface area contributed by atoms with E-state index in [0.29, 0.717) is 25.9 Å². The van der Waals surface area contributed by atoms with Gasteiger partial charge in [0.2, 0.25) is 5.91 Å². The first-order valence-corrected chi connectivity index (χ1v) is 6.25. The summed E-state index contributed by atoms with van der Waals surface area (Å²) in [6, 6.07) is 7.60. The first-order valence-electron chi connectivity index (χ1n) is 6.25. The molecule has 0 atom stereocenters. The van der Waals surface area contributed by atoms with Crippen LogP contribution in [-0.2, 0) is 4.79 Å². The molecule has 0 aliphatic carbocycles. The molecule has 2 heterocycles. The van der Waals surface area contributed by atoms with Crippen molar-refractivity contribution >= 4 is 23.3 Å². The second-order valence-corrected chi connectivity index (χ2v) is 4.52. The molecule has 0 spiro atoms. The topological polar surface area (TPSA) is 73.8 Å². The predicted molar refractivity (Wildman–Crippen MR) is 71.1 cm³/mol. The first kappa shape index (κ1) is 11.7. The number of anilines is 1. The maximum Gasteiger partial charge on any atom is 0.321 e. The zero-order valence-corrected chi connectivity index (χ0v) is 10.3. The Morgan fingerprint density at radius 2 is 1.89 bits per heavy atom. The highest BCUT2D eigenvalue weighted by atomic mass is 16.2. The number of hydrogen-bond acceptors (Lipinski definition) is 3. The number of hydrazone groups is 1. The summed E-state index contributed by atoms with van der Waals surface area (Å²) in [7, 11) is 0. The van der Waals surface area contributed by atoms with Gasteiger partial charge in [0.15, 0.2) is 0 Å². The van der Waals surface area contributed by atoms with Gasteiger partial charge in [-0.3, -0.25) is 9.69 Å². The SMILES string of the molecule is O=C1CCC(c2ccc(N3CCNC3=O)cc2)=NN1. The number of carbonyl (C=O) groups excluding carboxylic acids is 2. The molecule has 0 saturated carbocycles. The van der Waals surface area contributed by atoms with Gasteiger partial charge in [0.1, 0.15) is 0 Å². The Labute approximate surface area is 110 Å². The Bertz CT molecular complexity index is 550. The lowest BCUT2D eigenvalue weighted by molar-refractivity contribution is -0.121. The highest BCUT2D eigenvalue weighted by molar-refractivity contribution is 6.04. The van der Waals surface area contributed by atoms with Crippen molar-refractivity contribution in [2.75, 3.05) is 18.0 Å². The van der Waals surface area contributed by atoms with Crippen LogP contribution in [0.4, 0.5) is 10.5 Å². The number of hydrogen-bond donors (Lipinski definition) is 2. The Balaban J connectivity index is 1.79. The zero-order chi connectivity index (χ0) is 13.2. The van der Waals surface area contributed by atoms with Crippen molar-refractivity contribution in [3.63, 3.8) is 0 Å². The summed E-state index contributed by atoms with van der Waals surface area (Å²) in [6.45, 7) is 1.37. The smallest absolute Gasteiger partial charge is 0.321 e. The third-order valence-corrected chi connectivity index (χ3v) is 3.27. The lowest BCUT2D eigenvalue weighted by Gasteiger charge is -2.16. The third-order valence-electron chi connectivity index (χ3n) is 3.27. The third kappa shape index (κ3) is 2.29. The van der Waals surface area contributed by atoms with E-state index in [-0.39, 0.29) is 11.9 Å². The average Bonchev–Trinajstić information content (AvgIpc) is 2.86. The number of carbonyl (C=O) groups is 2. The van der Waals surface area contributed by atoms with Crippen LogP contribution in [0.2, 0.25) is 0 Å². The largest absolute Gasteiger partial charge is 0.336 e. The highest BCUT2D eigenvalue weighted by Crippen LogP contribution is 2.19. The quantitative estimate of drug-likeness (QED) is 0.824. The van der Waals surface area contributed by atoms with Gasteiger partial charge in [0, 0.05) is 31.6 Å². The van der Waals surface area contributed by atoms with E-state index in [4.69, 9.17) is 0 Å². The van der Waals surface area contributed by atoms with Crippen molar-refractivity contribution in [1.82, 2.24) is 10.7 Å². The number of nitrogens with zero attached hydrogens (tertiary/aromatic N) is 2. The van der Waals surface area contributed by atoms with Gasteiger partial charge >= 0.3 is 6.03 Å². The fraction of sp³-hybridized carbons (Fsp3) is 0.308. The van der Waals surface area contributed by atoms with Crippen LogP contribution in [0.1, 0.15) is 18.4 Å².